The van der Waals surface area contributed by atoms with Crippen LogP contribution >= 0.6 is 0 Å². The van der Waals surface area contributed by atoms with Crippen molar-refractivity contribution in [3.8, 4) is 5.75 Å². The first-order chi connectivity index (χ1) is 17.5. The zero-order chi connectivity index (χ0) is 26.8. The first-order valence-electron chi connectivity index (χ1n) is 12.4. The number of para-hydroxylation sites is 1. The second kappa shape index (κ2) is 10.7. The van der Waals surface area contributed by atoms with Gasteiger partial charge in [-0.05, 0) is 38.2 Å². The normalized spacial score (nSPS) is 20.0. The lowest BCUT2D eigenvalue weighted by Gasteiger charge is -2.43. The number of aromatic nitrogens is 1. The molecule has 4 rings (SSSR count). The van der Waals surface area contributed by atoms with Gasteiger partial charge in [0.2, 0.25) is 0 Å². The Morgan fingerprint density at radius 1 is 1.16 bits per heavy atom. The van der Waals surface area contributed by atoms with E-state index < -0.39 is 23.8 Å². The number of piperidine rings is 1. The number of benzene rings is 1. The van der Waals surface area contributed by atoms with E-state index in [0.29, 0.717) is 68.4 Å². The van der Waals surface area contributed by atoms with Gasteiger partial charge in [-0.2, -0.15) is 13.2 Å². The van der Waals surface area contributed by atoms with Crippen LogP contribution in [0, 0.1) is 18.3 Å². The molecule has 2 aliphatic heterocycles. The Hall–Kier alpha value is -3.08. The number of carbonyl (C=O) groups is 2. The van der Waals surface area contributed by atoms with Crippen LogP contribution in [0.2, 0.25) is 0 Å². The Bertz CT molecular complexity index is 1110. The summed E-state index contributed by atoms with van der Waals surface area (Å²) in [4.78, 5) is 28.3. The highest BCUT2D eigenvalue weighted by atomic mass is 19.4. The summed E-state index contributed by atoms with van der Waals surface area (Å²) in [5.74, 6) is -1.48. The summed E-state index contributed by atoms with van der Waals surface area (Å²) in [6.45, 7) is 7.61. The lowest BCUT2D eigenvalue weighted by atomic mass is 9.76. The number of halogens is 3. The minimum atomic E-state index is -5.10. The van der Waals surface area contributed by atoms with Gasteiger partial charge in [0, 0.05) is 37.2 Å². The van der Waals surface area contributed by atoms with E-state index in [1.807, 2.05) is 38.1 Å². The number of hydrogen-bond acceptors (Lipinski definition) is 7. The van der Waals surface area contributed by atoms with Crippen molar-refractivity contribution in [1.82, 2.24) is 15.0 Å². The van der Waals surface area contributed by atoms with Crippen LogP contribution in [0.5, 0.6) is 5.75 Å². The van der Waals surface area contributed by atoms with E-state index >= 15 is 0 Å². The molecule has 0 bridgehead atoms. The molecule has 11 heteroatoms. The van der Waals surface area contributed by atoms with Gasteiger partial charge in [-0.3, -0.25) is 9.69 Å². The summed E-state index contributed by atoms with van der Waals surface area (Å²) in [7, 11) is 0. The van der Waals surface area contributed by atoms with Gasteiger partial charge in [-0.15, -0.1) is 0 Å². The van der Waals surface area contributed by atoms with E-state index in [0.717, 1.165) is 5.56 Å². The molecule has 3 heterocycles. The van der Waals surface area contributed by atoms with Crippen molar-refractivity contribution in [1.29, 1.82) is 0 Å². The zero-order valence-corrected chi connectivity index (χ0v) is 21.2. The summed E-state index contributed by atoms with van der Waals surface area (Å²) in [5, 5.41) is 3.75. The molecule has 1 amide bonds. The maximum atomic E-state index is 13.2. The number of alkyl halides is 3. The van der Waals surface area contributed by atoms with Gasteiger partial charge in [0.1, 0.15) is 17.6 Å². The van der Waals surface area contributed by atoms with Gasteiger partial charge in [0.25, 0.3) is 5.91 Å². The second-order valence-electron chi connectivity index (χ2n) is 10.3. The van der Waals surface area contributed by atoms with Crippen LogP contribution in [0.25, 0.3) is 0 Å². The third-order valence-electron chi connectivity index (χ3n) is 7.15. The lowest BCUT2D eigenvalue weighted by molar-refractivity contribution is -0.220. The number of hydrogen-bond donors (Lipinski definition) is 0. The summed E-state index contributed by atoms with van der Waals surface area (Å²) >= 11 is 0. The van der Waals surface area contributed by atoms with Crippen molar-refractivity contribution in [3.63, 3.8) is 0 Å². The number of esters is 1. The fraction of sp³-hybridized carbons (Fsp3) is 0.577. The maximum Gasteiger partial charge on any atom is 0.490 e. The minimum absolute atomic E-state index is 0.233. The molecule has 1 aromatic carbocycles. The fourth-order valence-corrected chi connectivity index (χ4v) is 5.09. The molecule has 202 valence electrons. The van der Waals surface area contributed by atoms with Crippen molar-refractivity contribution in [2.45, 2.75) is 59.0 Å². The summed E-state index contributed by atoms with van der Waals surface area (Å²) in [6, 6.07) is 7.38. The number of carbonyl (C=O) groups excluding carboxylic acids is 2. The van der Waals surface area contributed by atoms with Gasteiger partial charge in [-0.1, -0.05) is 37.2 Å². The lowest BCUT2D eigenvalue weighted by Crippen LogP contribution is -2.51. The van der Waals surface area contributed by atoms with Crippen molar-refractivity contribution >= 4 is 11.9 Å². The molecule has 1 unspecified atom stereocenters. The van der Waals surface area contributed by atoms with Crippen LogP contribution in [0.15, 0.2) is 35.1 Å². The highest BCUT2D eigenvalue weighted by Crippen LogP contribution is 2.47. The molecular weight excluding hydrogens is 491 g/mol. The Morgan fingerprint density at radius 2 is 1.84 bits per heavy atom. The molecule has 2 saturated heterocycles. The summed E-state index contributed by atoms with van der Waals surface area (Å²) < 4.78 is 55.7. The highest BCUT2D eigenvalue weighted by Gasteiger charge is 2.54. The molecule has 0 N–H and O–H groups in total. The average Bonchev–Trinajstić information content (AvgIpc) is 3.42. The Labute approximate surface area is 213 Å². The first kappa shape index (κ1) is 27.0. The molecule has 8 nitrogen and oxygen atoms in total. The largest absolute Gasteiger partial charge is 0.493 e. The minimum Gasteiger partial charge on any atom is -0.493 e. The molecule has 1 spiro atoms. The molecule has 1 aromatic heterocycles. The third kappa shape index (κ3) is 5.92. The summed E-state index contributed by atoms with van der Waals surface area (Å²) in [5.41, 5.74) is 0.952. The van der Waals surface area contributed by atoms with Crippen LogP contribution in [-0.2, 0) is 16.1 Å². The van der Waals surface area contributed by atoms with E-state index in [2.05, 4.69) is 5.16 Å². The van der Waals surface area contributed by atoms with Gasteiger partial charge in [-0.25, -0.2) is 4.79 Å². The molecule has 2 aliphatic rings. The van der Waals surface area contributed by atoms with Gasteiger partial charge < -0.3 is 18.9 Å². The van der Waals surface area contributed by atoms with Crippen molar-refractivity contribution in [3.05, 3.63) is 47.3 Å². The number of rotatable bonds is 7. The second-order valence-corrected chi connectivity index (χ2v) is 10.3. The standard InChI is InChI=1S/C26H32F3N3O5/c1-17(2)15-35-21-7-5-4-6-19(21)14-32-13-10-25(23(32)37-24(34)26(27,28)29)8-11-31(12-9-25)22(33)20-16-36-30-18(20)3/h4-7,16-17,23H,8-15H2,1-3H3. The van der Waals surface area contributed by atoms with E-state index in [4.69, 9.17) is 14.0 Å². The van der Waals surface area contributed by atoms with E-state index in [1.165, 1.54) is 6.26 Å². The summed E-state index contributed by atoms with van der Waals surface area (Å²) in [6.07, 6.45) is -3.52. The Balaban J connectivity index is 1.53. The Kier molecular flexibility index (Phi) is 7.82. The SMILES string of the molecule is Cc1nocc1C(=O)N1CCC2(CC1)CCN(Cc1ccccc1OCC(C)C)C2OC(=O)C(F)(F)F. The van der Waals surface area contributed by atoms with Crippen LogP contribution in [0.1, 0.15) is 54.7 Å². The topological polar surface area (TPSA) is 85.1 Å². The quantitative estimate of drug-likeness (QED) is 0.491. The fourth-order valence-electron chi connectivity index (χ4n) is 5.09. The Morgan fingerprint density at radius 3 is 2.46 bits per heavy atom. The highest BCUT2D eigenvalue weighted by molar-refractivity contribution is 5.94. The van der Waals surface area contributed by atoms with E-state index in [9.17, 15) is 22.8 Å². The first-order valence-corrected chi connectivity index (χ1v) is 12.4. The smallest absolute Gasteiger partial charge is 0.490 e. The number of nitrogens with zero attached hydrogens (tertiary/aromatic N) is 3. The number of likely N-dealkylation sites (tertiary alicyclic amines) is 2. The van der Waals surface area contributed by atoms with Crippen LogP contribution < -0.4 is 4.74 Å². The van der Waals surface area contributed by atoms with Crippen molar-refractivity contribution in [2.75, 3.05) is 26.2 Å². The predicted molar refractivity (Wildman–Crippen MR) is 127 cm³/mol. The van der Waals surface area contributed by atoms with Gasteiger partial charge >= 0.3 is 12.1 Å². The molecule has 2 aromatic rings. The zero-order valence-electron chi connectivity index (χ0n) is 21.2. The van der Waals surface area contributed by atoms with Gasteiger partial charge in [0.05, 0.1) is 12.3 Å². The van der Waals surface area contributed by atoms with Crippen LogP contribution in [0.3, 0.4) is 0 Å². The van der Waals surface area contributed by atoms with Crippen LogP contribution in [0.4, 0.5) is 13.2 Å². The molecular formula is C26H32F3N3O5. The number of ether oxygens (including phenoxy) is 2. The third-order valence-corrected chi connectivity index (χ3v) is 7.15. The van der Waals surface area contributed by atoms with Crippen LogP contribution in [-0.4, -0.2) is 65.5 Å². The maximum absolute atomic E-state index is 13.2. The monoisotopic (exact) mass is 523 g/mol. The molecule has 0 aliphatic carbocycles. The molecule has 1 atom stereocenters. The van der Waals surface area contributed by atoms with E-state index in [-0.39, 0.29) is 12.5 Å². The van der Waals surface area contributed by atoms with E-state index in [1.54, 1.807) is 16.7 Å². The van der Waals surface area contributed by atoms with Crippen molar-refractivity contribution in [2.24, 2.45) is 11.3 Å². The predicted octanol–water partition coefficient (Wildman–Crippen LogP) is 4.58. The van der Waals surface area contributed by atoms with Crippen molar-refractivity contribution < 1.29 is 36.8 Å². The van der Waals surface area contributed by atoms with Gasteiger partial charge in [0.15, 0.2) is 6.23 Å². The molecule has 0 saturated carbocycles. The number of aryl methyl sites for hydroxylation is 1. The number of amides is 1. The molecule has 2 fully saturated rings. The molecule has 37 heavy (non-hydrogen) atoms. The molecule has 0 radical (unpaired) electrons. The average molecular weight is 524 g/mol.